The van der Waals surface area contributed by atoms with Crippen LogP contribution in [0.4, 0.5) is 14.7 Å². The number of benzene rings is 2. The summed E-state index contributed by atoms with van der Waals surface area (Å²) in [6.07, 6.45) is 0. The molecular formula is C13H7BrClF2N3. The van der Waals surface area contributed by atoms with E-state index in [-0.39, 0.29) is 17.0 Å². The van der Waals surface area contributed by atoms with Crippen molar-refractivity contribution in [2.45, 2.75) is 0 Å². The van der Waals surface area contributed by atoms with E-state index in [0.29, 0.717) is 15.2 Å². The zero-order valence-electron chi connectivity index (χ0n) is 9.87. The van der Waals surface area contributed by atoms with E-state index in [4.69, 9.17) is 17.3 Å². The first-order valence-electron chi connectivity index (χ1n) is 5.57. The molecule has 0 atom stereocenters. The topological polar surface area (TPSA) is 43.8 Å². The molecule has 0 bridgehead atoms. The zero-order chi connectivity index (χ0) is 14.4. The lowest BCUT2D eigenvalue weighted by molar-refractivity contribution is 0.514. The fourth-order valence-corrected chi connectivity index (χ4v) is 2.64. The average molecular weight is 359 g/mol. The first-order valence-corrected chi connectivity index (χ1v) is 6.74. The van der Waals surface area contributed by atoms with Gasteiger partial charge in [-0.05, 0) is 40.2 Å². The molecule has 2 N–H and O–H groups in total. The lowest BCUT2D eigenvalue weighted by Gasteiger charge is -2.10. The summed E-state index contributed by atoms with van der Waals surface area (Å²) >= 11 is 9.33. The minimum absolute atomic E-state index is 0.0227. The summed E-state index contributed by atoms with van der Waals surface area (Å²) in [5, 5.41) is 0.431. The predicted molar refractivity (Wildman–Crippen MR) is 78.1 cm³/mol. The van der Waals surface area contributed by atoms with Crippen LogP contribution < -0.4 is 5.73 Å². The molecule has 0 aliphatic carbocycles. The molecule has 0 radical (unpaired) electrons. The third kappa shape index (κ3) is 1.87. The monoisotopic (exact) mass is 357 g/mol. The number of hydrogen-bond acceptors (Lipinski definition) is 2. The second kappa shape index (κ2) is 4.71. The second-order valence-electron chi connectivity index (χ2n) is 4.11. The number of nitrogens with two attached hydrogens (primary N) is 1. The third-order valence-electron chi connectivity index (χ3n) is 2.91. The van der Waals surface area contributed by atoms with Crippen molar-refractivity contribution in [1.82, 2.24) is 9.55 Å². The van der Waals surface area contributed by atoms with E-state index in [1.165, 1.54) is 10.6 Å². The van der Waals surface area contributed by atoms with Gasteiger partial charge in [-0.15, -0.1) is 0 Å². The highest BCUT2D eigenvalue weighted by atomic mass is 79.9. The predicted octanol–water partition coefficient (Wildman–Crippen LogP) is 4.30. The Bertz CT molecular complexity index is 832. The molecule has 3 nitrogen and oxygen atoms in total. The molecule has 0 aliphatic heterocycles. The van der Waals surface area contributed by atoms with Gasteiger partial charge in [-0.1, -0.05) is 17.7 Å². The number of nitrogens with zero attached hydrogens (tertiary/aromatic N) is 2. The summed E-state index contributed by atoms with van der Waals surface area (Å²) in [7, 11) is 0. The van der Waals surface area contributed by atoms with Crippen molar-refractivity contribution in [3.05, 3.63) is 51.5 Å². The summed E-state index contributed by atoms with van der Waals surface area (Å²) in [6.45, 7) is 0. The van der Waals surface area contributed by atoms with Crippen LogP contribution in [0, 0.1) is 11.6 Å². The lowest BCUT2D eigenvalue weighted by atomic mass is 10.2. The van der Waals surface area contributed by atoms with Gasteiger partial charge in [-0.25, -0.2) is 13.8 Å². The maximum absolute atomic E-state index is 14.1. The Hall–Kier alpha value is -1.66. The largest absolute Gasteiger partial charge is 0.369 e. The van der Waals surface area contributed by atoms with Gasteiger partial charge in [0.25, 0.3) is 0 Å². The van der Waals surface area contributed by atoms with Crippen molar-refractivity contribution in [3.8, 4) is 5.69 Å². The standard InChI is InChI=1S/C13H7BrClF2N3/c14-10-6(15)2-1-3-9(10)20-12-8(19-13(20)18)5-4-7(16)11(12)17/h1-5H,(H2,18,19). The van der Waals surface area contributed by atoms with Gasteiger partial charge in [0.2, 0.25) is 5.95 Å². The van der Waals surface area contributed by atoms with Crippen molar-refractivity contribution >= 4 is 44.5 Å². The summed E-state index contributed by atoms with van der Waals surface area (Å²) in [6, 6.07) is 7.42. The number of fused-ring (bicyclic) bond motifs is 1. The number of hydrogen-bond donors (Lipinski definition) is 1. The highest BCUT2D eigenvalue weighted by Gasteiger charge is 2.19. The van der Waals surface area contributed by atoms with E-state index >= 15 is 0 Å². The van der Waals surface area contributed by atoms with Gasteiger partial charge in [0.05, 0.1) is 20.7 Å². The average Bonchev–Trinajstić information content (AvgIpc) is 2.75. The van der Waals surface area contributed by atoms with Crippen molar-refractivity contribution in [2.75, 3.05) is 5.73 Å². The molecule has 0 spiro atoms. The summed E-state index contributed by atoms with van der Waals surface area (Å²) in [5.74, 6) is -1.91. The number of aromatic nitrogens is 2. The molecule has 0 fully saturated rings. The fourth-order valence-electron chi connectivity index (χ4n) is 2.03. The van der Waals surface area contributed by atoms with Gasteiger partial charge in [0.1, 0.15) is 5.52 Å². The van der Waals surface area contributed by atoms with E-state index < -0.39 is 11.6 Å². The van der Waals surface area contributed by atoms with Gasteiger partial charge >= 0.3 is 0 Å². The van der Waals surface area contributed by atoms with E-state index in [9.17, 15) is 8.78 Å². The molecule has 3 rings (SSSR count). The Morgan fingerprint density at radius 1 is 1.20 bits per heavy atom. The maximum Gasteiger partial charge on any atom is 0.206 e. The molecule has 2 aromatic carbocycles. The Morgan fingerprint density at radius 2 is 1.95 bits per heavy atom. The minimum Gasteiger partial charge on any atom is -0.369 e. The van der Waals surface area contributed by atoms with Gasteiger partial charge in [0.15, 0.2) is 11.6 Å². The molecule has 1 heterocycles. The summed E-state index contributed by atoms with van der Waals surface area (Å²) < 4.78 is 29.3. The Labute approximate surface area is 126 Å². The van der Waals surface area contributed by atoms with Crippen molar-refractivity contribution in [1.29, 1.82) is 0 Å². The highest BCUT2D eigenvalue weighted by molar-refractivity contribution is 9.10. The van der Waals surface area contributed by atoms with Gasteiger partial charge < -0.3 is 5.73 Å². The number of rotatable bonds is 1. The molecule has 0 amide bonds. The van der Waals surface area contributed by atoms with Gasteiger partial charge in [-0.2, -0.15) is 0 Å². The number of nitrogen functional groups attached to an aromatic ring is 1. The Morgan fingerprint density at radius 3 is 2.70 bits per heavy atom. The minimum atomic E-state index is -1.00. The first-order chi connectivity index (χ1) is 9.50. The maximum atomic E-state index is 14.1. The highest BCUT2D eigenvalue weighted by Crippen LogP contribution is 2.34. The molecule has 20 heavy (non-hydrogen) atoms. The van der Waals surface area contributed by atoms with Gasteiger partial charge in [-0.3, -0.25) is 4.57 Å². The Kier molecular flexibility index (Phi) is 3.14. The van der Waals surface area contributed by atoms with Crippen LogP contribution in [0.25, 0.3) is 16.7 Å². The van der Waals surface area contributed by atoms with E-state index in [2.05, 4.69) is 20.9 Å². The van der Waals surface area contributed by atoms with Crippen LogP contribution in [0.3, 0.4) is 0 Å². The van der Waals surface area contributed by atoms with Crippen LogP contribution in [-0.4, -0.2) is 9.55 Å². The third-order valence-corrected chi connectivity index (χ3v) is 4.28. The molecule has 0 aliphatic rings. The normalized spacial score (nSPS) is 11.2. The van der Waals surface area contributed by atoms with E-state index in [1.54, 1.807) is 18.2 Å². The molecule has 1 aromatic heterocycles. The van der Waals surface area contributed by atoms with Crippen LogP contribution in [0.2, 0.25) is 5.02 Å². The van der Waals surface area contributed by atoms with Crippen molar-refractivity contribution in [2.24, 2.45) is 0 Å². The zero-order valence-corrected chi connectivity index (χ0v) is 12.2. The molecule has 3 aromatic rings. The van der Waals surface area contributed by atoms with Crippen LogP contribution in [0.1, 0.15) is 0 Å². The molecule has 0 saturated carbocycles. The van der Waals surface area contributed by atoms with E-state index in [0.717, 1.165) is 6.07 Å². The quantitative estimate of drug-likeness (QED) is 0.705. The number of anilines is 1. The van der Waals surface area contributed by atoms with Crippen LogP contribution in [0.5, 0.6) is 0 Å². The lowest BCUT2D eigenvalue weighted by Crippen LogP contribution is -2.03. The SMILES string of the molecule is Nc1nc2ccc(F)c(F)c2n1-c1cccc(Cl)c1Br. The molecule has 0 saturated heterocycles. The van der Waals surface area contributed by atoms with E-state index in [1.807, 2.05) is 0 Å². The summed E-state index contributed by atoms with van der Waals surface area (Å²) in [4.78, 5) is 4.03. The Balaban J connectivity index is 2.45. The number of halogens is 4. The molecule has 7 heteroatoms. The van der Waals surface area contributed by atoms with Crippen LogP contribution in [0.15, 0.2) is 34.8 Å². The van der Waals surface area contributed by atoms with Gasteiger partial charge in [0, 0.05) is 0 Å². The second-order valence-corrected chi connectivity index (χ2v) is 5.31. The first kappa shape index (κ1) is 13.3. The van der Waals surface area contributed by atoms with Crippen molar-refractivity contribution in [3.63, 3.8) is 0 Å². The van der Waals surface area contributed by atoms with Crippen molar-refractivity contribution < 1.29 is 8.78 Å². The smallest absolute Gasteiger partial charge is 0.206 e. The molecular weight excluding hydrogens is 352 g/mol. The molecule has 0 unspecified atom stereocenters. The van der Waals surface area contributed by atoms with Crippen LogP contribution in [-0.2, 0) is 0 Å². The van der Waals surface area contributed by atoms with Crippen LogP contribution >= 0.6 is 27.5 Å². The number of imidazole rings is 1. The molecule has 102 valence electrons. The fraction of sp³-hybridized carbons (Fsp3) is 0. The summed E-state index contributed by atoms with van der Waals surface area (Å²) in [5.41, 5.74) is 6.56.